The molecule has 0 saturated carbocycles. The van der Waals surface area contributed by atoms with E-state index in [1.165, 1.54) is 0 Å². The molecule has 1 aliphatic rings. The molecule has 0 amide bonds. The van der Waals surface area contributed by atoms with Crippen LogP contribution < -0.4 is 5.32 Å². The summed E-state index contributed by atoms with van der Waals surface area (Å²) in [5, 5.41) is 18.1. The normalized spacial score (nSPS) is 27.9. The average molecular weight is 253 g/mol. The zero-order valence-corrected chi connectivity index (χ0v) is 11.4. The van der Waals surface area contributed by atoms with Gasteiger partial charge in [-0.2, -0.15) is 5.10 Å². The molecular weight excluding hydrogens is 230 g/mol. The average Bonchev–Trinajstić information content (AvgIpc) is 2.85. The molecule has 0 radical (unpaired) electrons. The zero-order chi connectivity index (χ0) is 13.2. The fraction of sp³-hybridized carbons (Fsp3) is 0.769. The highest BCUT2D eigenvalue weighted by Crippen LogP contribution is 2.24. The van der Waals surface area contributed by atoms with Crippen molar-refractivity contribution in [3.05, 3.63) is 17.5 Å². The molecule has 1 aromatic heterocycles. The minimum Gasteiger partial charge on any atom is -0.386 e. The van der Waals surface area contributed by atoms with Crippen molar-refractivity contribution in [2.24, 2.45) is 7.05 Å². The van der Waals surface area contributed by atoms with Crippen molar-refractivity contribution in [1.82, 2.24) is 15.1 Å². The predicted molar refractivity (Wildman–Crippen MR) is 69.3 cm³/mol. The van der Waals surface area contributed by atoms with Crippen LogP contribution in [0, 0.1) is 0 Å². The number of hydrogen-bond donors (Lipinski definition) is 2. The molecule has 1 saturated heterocycles. The van der Waals surface area contributed by atoms with Crippen LogP contribution in [-0.4, -0.2) is 39.7 Å². The number of hydrogen-bond acceptors (Lipinski definition) is 4. The minimum absolute atomic E-state index is 0.0947. The molecular formula is C13H23N3O2. The lowest BCUT2D eigenvalue weighted by molar-refractivity contribution is -0.0263. The molecule has 5 heteroatoms. The number of ether oxygens (including phenoxy) is 1. The van der Waals surface area contributed by atoms with Gasteiger partial charge in [-0.15, -0.1) is 0 Å². The van der Waals surface area contributed by atoms with Crippen LogP contribution >= 0.6 is 0 Å². The summed E-state index contributed by atoms with van der Waals surface area (Å²) in [5.41, 5.74) is 1.51. The summed E-state index contributed by atoms with van der Waals surface area (Å²) in [4.78, 5) is 0. The smallest absolute Gasteiger partial charge is 0.105 e. The molecule has 0 bridgehead atoms. The maximum absolute atomic E-state index is 10.3. The second-order valence-electron chi connectivity index (χ2n) is 5.07. The molecule has 5 nitrogen and oxygen atoms in total. The molecule has 2 unspecified atom stereocenters. The lowest BCUT2D eigenvalue weighted by Crippen LogP contribution is -2.45. The Morgan fingerprint density at radius 2 is 2.44 bits per heavy atom. The molecule has 2 N–H and O–H groups in total. The van der Waals surface area contributed by atoms with Gasteiger partial charge in [0.15, 0.2) is 0 Å². The number of aromatic nitrogens is 2. The van der Waals surface area contributed by atoms with E-state index in [0.717, 1.165) is 24.4 Å². The summed E-state index contributed by atoms with van der Waals surface area (Å²) in [6.07, 6.45) is 1.55. The third-order valence-corrected chi connectivity index (χ3v) is 3.79. The Labute approximate surface area is 108 Å². The van der Waals surface area contributed by atoms with Crippen LogP contribution in [0.4, 0.5) is 0 Å². The molecule has 0 aromatic carbocycles. The molecule has 2 atom stereocenters. The Bertz CT molecular complexity index is 405. The van der Waals surface area contributed by atoms with E-state index in [4.69, 9.17) is 4.74 Å². The van der Waals surface area contributed by atoms with Gasteiger partial charge in [-0.25, -0.2) is 0 Å². The van der Waals surface area contributed by atoms with Crippen molar-refractivity contribution in [3.63, 3.8) is 0 Å². The van der Waals surface area contributed by atoms with Gasteiger partial charge in [-0.1, -0.05) is 6.92 Å². The molecule has 2 rings (SSSR count). The molecule has 0 aliphatic carbocycles. The van der Waals surface area contributed by atoms with Gasteiger partial charge >= 0.3 is 0 Å². The van der Waals surface area contributed by atoms with Crippen LogP contribution in [0.1, 0.15) is 31.7 Å². The Hall–Kier alpha value is -0.910. The molecule has 2 heterocycles. The van der Waals surface area contributed by atoms with Gasteiger partial charge in [0.05, 0.1) is 17.5 Å². The second-order valence-corrected chi connectivity index (χ2v) is 5.07. The lowest BCUT2D eigenvalue weighted by Gasteiger charge is -2.26. The van der Waals surface area contributed by atoms with Gasteiger partial charge in [0.1, 0.15) is 5.60 Å². The van der Waals surface area contributed by atoms with Crippen molar-refractivity contribution in [3.8, 4) is 0 Å². The number of aryl methyl sites for hydroxylation is 2. The fourth-order valence-electron chi connectivity index (χ4n) is 2.32. The fourth-order valence-corrected chi connectivity index (χ4v) is 2.32. The van der Waals surface area contributed by atoms with E-state index in [9.17, 15) is 5.11 Å². The standard InChI is InChI=1S/C13H23N3O2/c1-4-11-7-12(16(3)15-11)8-14-9-13(17)5-6-18-10(13)2/h7,10,14,17H,4-6,8-9H2,1-3H3. The predicted octanol–water partition coefficient (Wildman–Crippen LogP) is 0.612. The van der Waals surface area contributed by atoms with Gasteiger partial charge in [-0.05, 0) is 19.4 Å². The maximum atomic E-state index is 10.3. The van der Waals surface area contributed by atoms with Gasteiger partial charge < -0.3 is 15.2 Å². The van der Waals surface area contributed by atoms with Gasteiger partial charge in [-0.3, -0.25) is 4.68 Å². The highest BCUT2D eigenvalue weighted by Gasteiger charge is 2.38. The van der Waals surface area contributed by atoms with Crippen LogP contribution in [0.15, 0.2) is 6.07 Å². The van der Waals surface area contributed by atoms with Crippen LogP contribution in [0.2, 0.25) is 0 Å². The SMILES string of the molecule is CCc1cc(CNCC2(O)CCOC2C)n(C)n1. The highest BCUT2D eigenvalue weighted by molar-refractivity contribution is 5.10. The maximum Gasteiger partial charge on any atom is 0.105 e. The van der Waals surface area contributed by atoms with E-state index in [0.29, 0.717) is 19.6 Å². The van der Waals surface area contributed by atoms with E-state index >= 15 is 0 Å². The first-order valence-corrected chi connectivity index (χ1v) is 6.61. The molecule has 18 heavy (non-hydrogen) atoms. The first-order chi connectivity index (χ1) is 8.55. The van der Waals surface area contributed by atoms with Gasteiger partial charge in [0.25, 0.3) is 0 Å². The van der Waals surface area contributed by atoms with Crippen molar-refractivity contribution < 1.29 is 9.84 Å². The van der Waals surface area contributed by atoms with E-state index in [1.54, 1.807) is 0 Å². The summed E-state index contributed by atoms with van der Waals surface area (Å²) in [5.74, 6) is 0. The van der Waals surface area contributed by atoms with E-state index < -0.39 is 5.60 Å². The summed E-state index contributed by atoms with van der Waals surface area (Å²) in [6.45, 7) is 5.94. The monoisotopic (exact) mass is 253 g/mol. The summed E-state index contributed by atoms with van der Waals surface area (Å²) < 4.78 is 7.30. The van der Waals surface area contributed by atoms with E-state index in [-0.39, 0.29) is 6.10 Å². The largest absolute Gasteiger partial charge is 0.386 e. The summed E-state index contributed by atoms with van der Waals surface area (Å²) >= 11 is 0. The van der Waals surface area contributed by atoms with E-state index in [2.05, 4.69) is 23.4 Å². The number of nitrogens with zero attached hydrogens (tertiary/aromatic N) is 2. The number of nitrogens with one attached hydrogen (secondary N) is 1. The van der Waals surface area contributed by atoms with Crippen LogP contribution in [0.5, 0.6) is 0 Å². The molecule has 1 aliphatic heterocycles. The van der Waals surface area contributed by atoms with Crippen molar-refractivity contribution >= 4 is 0 Å². The molecule has 102 valence electrons. The Morgan fingerprint density at radius 1 is 1.67 bits per heavy atom. The topological polar surface area (TPSA) is 59.3 Å². The third kappa shape index (κ3) is 2.74. The first-order valence-electron chi connectivity index (χ1n) is 6.61. The van der Waals surface area contributed by atoms with Gasteiger partial charge in [0, 0.05) is 33.2 Å². The molecule has 0 spiro atoms. The Morgan fingerprint density at radius 3 is 3.00 bits per heavy atom. The van der Waals surface area contributed by atoms with Crippen molar-refractivity contribution in [2.75, 3.05) is 13.2 Å². The van der Waals surface area contributed by atoms with Crippen molar-refractivity contribution in [1.29, 1.82) is 0 Å². The van der Waals surface area contributed by atoms with Gasteiger partial charge in [0.2, 0.25) is 0 Å². The molecule has 1 aromatic rings. The summed E-state index contributed by atoms with van der Waals surface area (Å²) in [6, 6.07) is 2.10. The van der Waals surface area contributed by atoms with Crippen LogP contribution in [-0.2, 0) is 24.8 Å². The zero-order valence-electron chi connectivity index (χ0n) is 11.4. The molecule has 1 fully saturated rings. The second kappa shape index (κ2) is 5.38. The van der Waals surface area contributed by atoms with Crippen LogP contribution in [0.25, 0.3) is 0 Å². The third-order valence-electron chi connectivity index (χ3n) is 3.79. The van der Waals surface area contributed by atoms with E-state index in [1.807, 2.05) is 18.7 Å². The van der Waals surface area contributed by atoms with Crippen molar-refractivity contribution in [2.45, 2.75) is 44.9 Å². The Balaban J connectivity index is 1.86. The number of aliphatic hydroxyl groups is 1. The minimum atomic E-state index is -0.730. The lowest BCUT2D eigenvalue weighted by atomic mass is 9.97. The quantitative estimate of drug-likeness (QED) is 0.807. The number of rotatable bonds is 5. The Kier molecular flexibility index (Phi) is 4.04. The summed E-state index contributed by atoms with van der Waals surface area (Å²) in [7, 11) is 1.95. The van der Waals surface area contributed by atoms with Crippen LogP contribution in [0.3, 0.4) is 0 Å². The highest BCUT2D eigenvalue weighted by atomic mass is 16.5. The first kappa shape index (κ1) is 13.5.